The molecule has 0 unspecified atom stereocenters. The molecule has 0 spiro atoms. The molecule has 7 nitrogen and oxygen atoms in total. The molecule has 0 aliphatic carbocycles. The van der Waals surface area contributed by atoms with Crippen LogP contribution in [0.25, 0.3) is 0 Å². The van der Waals surface area contributed by atoms with Gasteiger partial charge in [-0.05, 0) is 29.8 Å². The zero-order chi connectivity index (χ0) is 19.5. The highest BCUT2D eigenvalue weighted by atomic mass is 32.2. The third kappa shape index (κ3) is 4.04. The van der Waals surface area contributed by atoms with E-state index < -0.39 is 17.8 Å². The van der Waals surface area contributed by atoms with Crippen molar-refractivity contribution in [2.24, 2.45) is 0 Å². The molecule has 2 aromatic carbocycles. The number of carbonyl (C=O) groups is 2. The average Bonchev–Trinajstić information content (AvgIpc) is 3.11. The Morgan fingerprint density at radius 1 is 1.21 bits per heavy atom. The highest BCUT2D eigenvalue weighted by Crippen LogP contribution is 2.28. The summed E-state index contributed by atoms with van der Waals surface area (Å²) < 4.78 is 14.5. The van der Waals surface area contributed by atoms with E-state index in [0.717, 1.165) is 5.56 Å². The molecule has 1 aliphatic rings. The number of nitrogens with one attached hydrogen (secondary N) is 2. The van der Waals surface area contributed by atoms with Crippen molar-refractivity contribution in [2.45, 2.75) is 23.4 Å². The molecule has 1 aliphatic heterocycles. The van der Waals surface area contributed by atoms with Crippen LogP contribution in [0.1, 0.15) is 18.0 Å². The van der Waals surface area contributed by atoms with Crippen molar-refractivity contribution in [3.8, 4) is 0 Å². The highest BCUT2D eigenvalue weighted by molar-refractivity contribution is 7.98. The maximum absolute atomic E-state index is 13.0. The first-order valence-corrected chi connectivity index (χ1v) is 9.56. The first-order chi connectivity index (χ1) is 13.6. The van der Waals surface area contributed by atoms with Crippen LogP contribution in [0.2, 0.25) is 0 Å². The lowest BCUT2D eigenvalue weighted by Gasteiger charge is -2.22. The number of halogens is 1. The van der Waals surface area contributed by atoms with Crippen LogP contribution in [-0.2, 0) is 15.3 Å². The molecule has 0 bridgehead atoms. The van der Waals surface area contributed by atoms with Crippen LogP contribution in [0.5, 0.6) is 0 Å². The summed E-state index contributed by atoms with van der Waals surface area (Å²) in [5.74, 6) is -0.198. The molecule has 4 rings (SSSR count). The smallest absolute Gasteiger partial charge is 0.249 e. The van der Waals surface area contributed by atoms with Crippen molar-refractivity contribution in [1.29, 1.82) is 0 Å². The van der Waals surface area contributed by atoms with E-state index in [4.69, 9.17) is 0 Å². The van der Waals surface area contributed by atoms with Crippen LogP contribution in [-0.4, -0.2) is 26.6 Å². The molecule has 2 N–H and O–H groups in total. The number of amides is 2. The van der Waals surface area contributed by atoms with Gasteiger partial charge in [0.25, 0.3) is 0 Å². The number of hydrogen-bond donors (Lipinski definition) is 2. The fraction of sp³-hybridized carbons (Fsp3) is 0.158. The summed E-state index contributed by atoms with van der Waals surface area (Å²) in [6.07, 6.45) is -0.0494. The summed E-state index contributed by atoms with van der Waals surface area (Å²) >= 11 is 1.42. The van der Waals surface area contributed by atoms with Crippen molar-refractivity contribution >= 4 is 35.2 Å². The van der Waals surface area contributed by atoms with Crippen LogP contribution in [0.4, 0.5) is 16.0 Å². The minimum Gasteiger partial charge on any atom is -0.324 e. The van der Waals surface area contributed by atoms with Crippen molar-refractivity contribution in [1.82, 2.24) is 14.8 Å². The molecular formula is C19H16FN5O2S. The van der Waals surface area contributed by atoms with Gasteiger partial charge in [-0.15, -0.1) is 5.10 Å². The predicted molar refractivity (Wildman–Crippen MR) is 103 cm³/mol. The topological polar surface area (TPSA) is 88.9 Å². The van der Waals surface area contributed by atoms with E-state index in [1.54, 1.807) is 0 Å². The normalized spacial score (nSPS) is 15.6. The molecule has 2 heterocycles. The number of aromatic nitrogens is 3. The van der Waals surface area contributed by atoms with Gasteiger partial charge in [0.15, 0.2) is 0 Å². The summed E-state index contributed by atoms with van der Waals surface area (Å²) in [5.41, 5.74) is 1.56. The van der Waals surface area contributed by atoms with Gasteiger partial charge >= 0.3 is 0 Å². The SMILES string of the molecule is O=C1C[C@@H](C(=O)Nc2ccc(F)cc2)n2nc(SCc3ccccc3)nc2N1. The van der Waals surface area contributed by atoms with Gasteiger partial charge in [0.1, 0.15) is 11.9 Å². The first kappa shape index (κ1) is 18.2. The van der Waals surface area contributed by atoms with E-state index >= 15 is 0 Å². The Hall–Kier alpha value is -3.20. The molecule has 1 atom stereocenters. The Morgan fingerprint density at radius 3 is 2.71 bits per heavy atom. The molecule has 9 heteroatoms. The van der Waals surface area contributed by atoms with E-state index in [-0.39, 0.29) is 18.3 Å². The molecular weight excluding hydrogens is 381 g/mol. The number of thioether (sulfide) groups is 1. The van der Waals surface area contributed by atoms with E-state index in [2.05, 4.69) is 20.7 Å². The van der Waals surface area contributed by atoms with E-state index in [1.165, 1.54) is 40.7 Å². The molecule has 0 radical (unpaired) electrons. The second kappa shape index (κ2) is 7.81. The minimum atomic E-state index is -0.827. The van der Waals surface area contributed by atoms with Crippen molar-refractivity contribution < 1.29 is 14.0 Å². The molecule has 2 amide bonds. The fourth-order valence-electron chi connectivity index (χ4n) is 2.79. The van der Waals surface area contributed by atoms with Gasteiger partial charge in [-0.3, -0.25) is 14.9 Å². The van der Waals surface area contributed by atoms with Gasteiger partial charge in [0.05, 0.1) is 6.42 Å². The second-order valence-electron chi connectivity index (χ2n) is 6.20. The Morgan fingerprint density at radius 2 is 1.96 bits per heavy atom. The molecule has 0 fully saturated rings. The number of anilines is 2. The van der Waals surface area contributed by atoms with Crippen LogP contribution >= 0.6 is 11.8 Å². The summed E-state index contributed by atoms with van der Waals surface area (Å²) in [4.78, 5) is 29.0. The number of carbonyl (C=O) groups excluding carboxylic acids is 2. The minimum absolute atomic E-state index is 0.0494. The molecule has 0 saturated heterocycles. The van der Waals surface area contributed by atoms with Crippen molar-refractivity contribution in [3.05, 3.63) is 66.0 Å². The van der Waals surface area contributed by atoms with Gasteiger partial charge in [0.2, 0.25) is 22.9 Å². The second-order valence-corrected chi connectivity index (χ2v) is 7.14. The van der Waals surface area contributed by atoms with E-state index in [1.807, 2.05) is 30.3 Å². The lowest BCUT2D eigenvalue weighted by atomic mass is 10.1. The Bertz CT molecular complexity index is 1010. The van der Waals surface area contributed by atoms with Crippen molar-refractivity contribution in [3.63, 3.8) is 0 Å². The summed E-state index contributed by atoms with van der Waals surface area (Å²) in [7, 11) is 0. The maximum Gasteiger partial charge on any atom is 0.249 e. The van der Waals surface area contributed by atoms with Crippen LogP contribution in [0.15, 0.2) is 59.8 Å². The largest absolute Gasteiger partial charge is 0.324 e. The van der Waals surface area contributed by atoms with Gasteiger partial charge < -0.3 is 5.32 Å². The fourth-order valence-corrected chi connectivity index (χ4v) is 3.57. The highest BCUT2D eigenvalue weighted by Gasteiger charge is 2.33. The third-order valence-corrected chi connectivity index (χ3v) is 5.07. The number of nitrogens with zero attached hydrogens (tertiary/aromatic N) is 3. The van der Waals surface area contributed by atoms with Gasteiger partial charge in [-0.25, -0.2) is 9.07 Å². The number of fused-ring (bicyclic) bond motifs is 1. The van der Waals surface area contributed by atoms with Crippen LogP contribution in [0, 0.1) is 5.82 Å². The lowest BCUT2D eigenvalue weighted by molar-refractivity contribution is -0.125. The Kier molecular flexibility index (Phi) is 5.07. The molecule has 28 heavy (non-hydrogen) atoms. The standard InChI is InChI=1S/C19H16FN5O2S/c20-13-6-8-14(9-7-13)21-17(27)15-10-16(26)22-18-23-19(24-25(15)18)28-11-12-4-2-1-3-5-12/h1-9,15H,10-11H2,(H,21,27)(H,22,23,24,26)/t15-/m0/s1. The number of hydrogen-bond acceptors (Lipinski definition) is 5. The van der Waals surface area contributed by atoms with Gasteiger partial charge in [0, 0.05) is 11.4 Å². The third-order valence-electron chi connectivity index (χ3n) is 4.16. The molecule has 1 aromatic heterocycles. The zero-order valence-electron chi connectivity index (χ0n) is 14.6. The van der Waals surface area contributed by atoms with Crippen LogP contribution in [0.3, 0.4) is 0 Å². The number of rotatable bonds is 5. The van der Waals surface area contributed by atoms with Crippen molar-refractivity contribution in [2.75, 3.05) is 10.6 Å². The Labute approximate surface area is 164 Å². The van der Waals surface area contributed by atoms with Crippen LogP contribution < -0.4 is 10.6 Å². The van der Waals surface area contributed by atoms with Gasteiger partial charge in [-0.1, -0.05) is 42.1 Å². The summed E-state index contributed by atoms with van der Waals surface area (Å²) in [6.45, 7) is 0. The first-order valence-electron chi connectivity index (χ1n) is 8.58. The average molecular weight is 397 g/mol. The lowest BCUT2D eigenvalue weighted by Crippen LogP contribution is -2.36. The molecule has 3 aromatic rings. The predicted octanol–water partition coefficient (Wildman–Crippen LogP) is 3.23. The maximum atomic E-state index is 13.0. The summed E-state index contributed by atoms with van der Waals surface area (Å²) in [6, 6.07) is 14.5. The zero-order valence-corrected chi connectivity index (χ0v) is 15.4. The van der Waals surface area contributed by atoms with E-state index in [0.29, 0.717) is 16.6 Å². The monoisotopic (exact) mass is 397 g/mol. The Balaban J connectivity index is 1.51. The quantitative estimate of drug-likeness (QED) is 0.646. The molecule has 0 saturated carbocycles. The summed E-state index contributed by atoms with van der Waals surface area (Å²) in [5, 5.41) is 10.2. The van der Waals surface area contributed by atoms with E-state index in [9.17, 15) is 14.0 Å². The molecule has 142 valence electrons. The van der Waals surface area contributed by atoms with Gasteiger partial charge in [-0.2, -0.15) is 4.98 Å². The number of benzene rings is 2.